The lowest BCUT2D eigenvalue weighted by Gasteiger charge is -2.17. The third kappa shape index (κ3) is 3.65. The van der Waals surface area contributed by atoms with Gasteiger partial charge in [-0.2, -0.15) is 0 Å². The fourth-order valence-electron chi connectivity index (χ4n) is 1.47. The van der Waals surface area contributed by atoms with Crippen molar-refractivity contribution in [2.75, 3.05) is 13.2 Å². The molecule has 0 bridgehead atoms. The van der Waals surface area contributed by atoms with Crippen LogP contribution in [0.1, 0.15) is 24.9 Å². The SMILES string of the molecule is CCC(NCCO)c1ccc(Cl)c(Cl)c1. The van der Waals surface area contributed by atoms with Gasteiger partial charge in [-0.05, 0) is 24.1 Å². The van der Waals surface area contributed by atoms with E-state index in [1.54, 1.807) is 6.07 Å². The first kappa shape index (κ1) is 12.8. The molecule has 15 heavy (non-hydrogen) atoms. The predicted molar refractivity (Wildman–Crippen MR) is 64.6 cm³/mol. The Morgan fingerprint density at radius 1 is 1.33 bits per heavy atom. The molecule has 2 nitrogen and oxygen atoms in total. The molecule has 2 N–H and O–H groups in total. The van der Waals surface area contributed by atoms with Gasteiger partial charge in [-0.3, -0.25) is 0 Å². The highest BCUT2D eigenvalue weighted by Gasteiger charge is 2.09. The summed E-state index contributed by atoms with van der Waals surface area (Å²) in [6.07, 6.45) is 0.942. The Kier molecular flexibility index (Phi) is 5.40. The van der Waals surface area contributed by atoms with Gasteiger partial charge >= 0.3 is 0 Å². The minimum absolute atomic E-state index is 0.137. The fraction of sp³-hybridized carbons (Fsp3) is 0.455. The Labute approximate surface area is 100 Å². The van der Waals surface area contributed by atoms with Gasteiger partial charge in [0.2, 0.25) is 0 Å². The standard InChI is InChI=1S/C11H15Cl2NO/c1-2-11(14-5-6-15)8-3-4-9(12)10(13)7-8/h3-4,7,11,14-15H,2,5-6H2,1H3. The van der Waals surface area contributed by atoms with E-state index < -0.39 is 0 Å². The molecular weight excluding hydrogens is 233 g/mol. The van der Waals surface area contributed by atoms with Crippen LogP contribution in [-0.4, -0.2) is 18.3 Å². The minimum Gasteiger partial charge on any atom is -0.395 e. The summed E-state index contributed by atoms with van der Waals surface area (Å²) < 4.78 is 0. The zero-order chi connectivity index (χ0) is 11.3. The average molecular weight is 248 g/mol. The van der Waals surface area contributed by atoms with Gasteiger partial charge in [0.25, 0.3) is 0 Å². The van der Waals surface area contributed by atoms with Gasteiger partial charge in [-0.25, -0.2) is 0 Å². The van der Waals surface area contributed by atoms with E-state index in [-0.39, 0.29) is 12.6 Å². The molecule has 0 spiro atoms. The zero-order valence-corrected chi connectivity index (χ0v) is 10.1. The van der Waals surface area contributed by atoms with E-state index in [4.69, 9.17) is 28.3 Å². The van der Waals surface area contributed by atoms with Crippen LogP contribution in [0.5, 0.6) is 0 Å². The van der Waals surface area contributed by atoms with Gasteiger partial charge in [0.1, 0.15) is 0 Å². The van der Waals surface area contributed by atoms with Crippen LogP contribution in [-0.2, 0) is 0 Å². The van der Waals surface area contributed by atoms with Crippen molar-refractivity contribution in [1.82, 2.24) is 5.32 Å². The first-order valence-electron chi connectivity index (χ1n) is 4.98. The number of benzene rings is 1. The second-order valence-electron chi connectivity index (χ2n) is 3.31. The summed E-state index contributed by atoms with van der Waals surface area (Å²) in [5.74, 6) is 0. The molecule has 1 unspecified atom stereocenters. The molecule has 0 saturated heterocycles. The molecule has 1 rings (SSSR count). The van der Waals surface area contributed by atoms with Crippen LogP contribution in [0, 0.1) is 0 Å². The first-order valence-corrected chi connectivity index (χ1v) is 5.73. The molecular formula is C11H15Cl2NO. The van der Waals surface area contributed by atoms with E-state index >= 15 is 0 Å². The van der Waals surface area contributed by atoms with Crippen molar-refractivity contribution in [2.24, 2.45) is 0 Å². The topological polar surface area (TPSA) is 32.3 Å². The molecule has 84 valence electrons. The van der Waals surface area contributed by atoms with Crippen molar-refractivity contribution >= 4 is 23.2 Å². The van der Waals surface area contributed by atoms with Crippen molar-refractivity contribution in [3.8, 4) is 0 Å². The highest BCUT2D eigenvalue weighted by molar-refractivity contribution is 6.42. The third-order valence-electron chi connectivity index (χ3n) is 2.26. The highest BCUT2D eigenvalue weighted by atomic mass is 35.5. The number of rotatable bonds is 5. The number of nitrogens with one attached hydrogen (secondary N) is 1. The number of aliphatic hydroxyl groups excluding tert-OH is 1. The smallest absolute Gasteiger partial charge is 0.0595 e. The van der Waals surface area contributed by atoms with Gasteiger partial charge in [0.05, 0.1) is 16.7 Å². The molecule has 0 heterocycles. The van der Waals surface area contributed by atoms with Crippen molar-refractivity contribution in [1.29, 1.82) is 0 Å². The second-order valence-corrected chi connectivity index (χ2v) is 4.13. The number of hydrogen-bond donors (Lipinski definition) is 2. The van der Waals surface area contributed by atoms with Gasteiger partial charge < -0.3 is 10.4 Å². The van der Waals surface area contributed by atoms with E-state index in [1.807, 2.05) is 12.1 Å². The maximum atomic E-state index is 8.75. The average Bonchev–Trinajstić information content (AvgIpc) is 2.24. The summed E-state index contributed by atoms with van der Waals surface area (Å²) in [6.45, 7) is 2.80. The van der Waals surface area contributed by atoms with Crippen LogP contribution in [0.25, 0.3) is 0 Å². The molecule has 0 aromatic heterocycles. The van der Waals surface area contributed by atoms with E-state index in [2.05, 4.69) is 12.2 Å². The molecule has 0 aliphatic rings. The molecule has 0 saturated carbocycles. The predicted octanol–water partition coefficient (Wildman–Crippen LogP) is 3.03. The molecule has 0 aliphatic carbocycles. The monoisotopic (exact) mass is 247 g/mol. The van der Waals surface area contributed by atoms with Crippen molar-refractivity contribution in [2.45, 2.75) is 19.4 Å². The van der Waals surface area contributed by atoms with Crippen molar-refractivity contribution < 1.29 is 5.11 Å². The van der Waals surface area contributed by atoms with E-state index in [1.165, 1.54) is 0 Å². The maximum Gasteiger partial charge on any atom is 0.0595 e. The Morgan fingerprint density at radius 3 is 2.60 bits per heavy atom. The lowest BCUT2D eigenvalue weighted by molar-refractivity contribution is 0.283. The molecule has 1 atom stereocenters. The molecule has 0 radical (unpaired) electrons. The Bertz CT molecular complexity index is 317. The molecule has 4 heteroatoms. The van der Waals surface area contributed by atoms with E-state index in [0.29, 0.717) is 16.6 Å². The second kappa shape index (κ2) is 6.33. The Hall–Kier alpha value is -0.280. The Balaban J connectivity index is 2.78. The van der Waals surface area contributed by atoms with Gasteiger partial charge in [0, 0.05) is 12.6 Å². The summed E-state index contributed by atoms with van der Waals surface area (Å²) in [7, 11) is 0. The lowest BCUT2D eigenvalue weighted by Crippen LogP contribution is -2.23. The maximum absolute atomic E-state index is 8.75. The van der Waals surface area contributed by atoms with Crippen LogP contribution in [0.2, 0.25) is 10.0 Å². The van der Waals surface area contributed by atoms with E-state index in [0.717, 1.165) is 12.0 Å². The largest absolute Gasteiger partial charge is 0.395 e. The zero-order valence-electron chi connectivity index (χ0n) is 8.63. The molecule has 0 aliphatic heterocycles. The van der Waals surface area contributed by atoms with Gasteiger partial charge in [-0.1, -0.05) is 36.2 Å². The first-order chi connectivity index (χ1) is 7.19. The van der Waals surface area contributed by atoms with Gasteiger partial charge in [0.15, 0.2) is 0 Å². The molecule has 0 fully saturated rings. The number of hydrogen-bond acceptors (Lipinski definition) is 2. The van der Waals surface area contributed by atoms with Crippen LogP contribution in [0.4, 0.5) is 0 Å². The summed E-state index contributed by atoms with van der Waals surface area (Å²) in [6, 6.07) is 5.82. The van der Waals surface area contributed by atoms with Crippen LogP contribution in [0.3, 0.4) is 0 Å². The Morgan fingerprint density at radius 2 is 2.07 bits per heavy atom. The van der Waals surface area contributed by atoms with Crippen molar-refractivity contribution in [3.05, 3.63) is 33.8 Å². The normalized spacial score (nSPS) is 12.8. The lowest BCUT2D eigenvalue weighted by atomic mass is 10.0. The van der Waals surface area contributed by atoms with Gasteiger partial charge in [-0.15, -0.1) is 0 Å². The fourth-order valence-corrected chi connectivity index (χ4v) is 1.77. The van der Waals surface area contributed by atoms with Crippen molar-refractivity contribution in [3.63, 3.8) is 0 Å². The molecule has 0 amide bonds. The summed E-state index contributed by atoms with van der Waals surface area (Å²) in [4.78, 5) is 0. The van der Waals surface area contributed by atoms with Crippen LogP contribution in [0.15, 0.2) is 18.2 Å². The quantitative estimate of drug-likeness (QED) is 0.839. The van der Waals surface area contributed by atoms with E-state index in [9.17, 15) is 0 Å². The molecule has 1 aromatic carbocycles. The summed E-state index contributed by atoms with van der Waals surface area (Å²) >= 11 is 11.8. The number of aliphatic hydroxyl groups is 1. The summed E-state index contributed by atoms with van der Waals surface area (Å²) in [5, 5.41) is 13.1. The molecule has 1 aromatic rings. The van der Waals surface area contributed by atoms with Crippen LogP contribution < -0.4 is 5.32 Å². The third-order valence-corrected chi connectivity index (χ3v) is 3.00. The highest BCUT2D eigenvalue weighted by Crippen LogP contribution is 2.26. The minimum atomic E-state index is 0.137. The summed E-state index contributed by atoms with van der Waals surface area (Å²) in [5.41, 5.74) is 1.10. The van der Waals surface area contributed by atoms with Crippen LogP contribution >= 0.6 is 23.2 Å². The number of halogens is 2.